The zero-order valence-corrected chi connectivity index (χ0v) is 12.8. The summed E-state index contributed by atoms with van der Waals surface area (Å²) in [6.07, 6.45) is 0.975. The fourth-order valence-electron chi connectivity index (χ4n) is 1.32. The number of hydrogen-bond donors (Lipinski definition) is 0. The van der Waals surface area contributed by atoms with E-state index in [9.17, 15) is 9.18 Å². The maximum absolute atomic E-state index is 13.2. The molecule has 6 nitrogen and oxygen atoms in total. The van der Waals surface area contributed by atoms with Gasteiger partial charge in [0.2, 0.25) is 0 Å². The van der Waals surface area contributed by atoms with Gasteiger partial charge in [-0.2, -0.15) is 0 Å². The zero-order valence-electron chi connectivity index (χ0n) is 9.60. The molecule has 19 heavy (non-hydrogen) atoms. The van der Waals surface area contributed by atoms with E-state index in [1.54, 1.807) is 6.92 Å². The number of halogens is 3. The van der Waals surface area contributed by atoms with Crippen LogP contribution < -0.4 is 0 Å². The number of aromatic nitrogens is 4. The van der Waals surface area contributed by atoms with Crippen molar-refractivity contribution in [2.75, 3.05) is 6.61 Å². The molecule has 0 N–H and O–H groups in total. The van der Waals surface area contributed by atoms with Crippen molar-refractivity contribution in [2.45, 2.75) is 6.92 Å². The van der Waals surface area contributed by atoms with Gasteiger partial charge in [0, 0.05) is 0 Å². The number of esters is 1. The van der Waals surface area contributed by atoms with E-state index in [-0.39, 0.29) is 18.0 Å². The molecule has 0 aromatic carbocycles. The smallest absolute Gasteiger partial charge is 0.342 e. The first kappa shape index (κ1) is 14.1. The topological polar surface area (TPSA) is 69.9 Å². The van der Waals surface area contributed by atoms with Crippen LogP contribution in [0.2, 0.25) is 0 Å². The molecule has 0 spiro atoms. The minimum absolute atomic E-state index is 0.0446. The molecule has 0 bridgehead atoms. The molecule has 0 amide bonds. The van der Waals surface area contributed by atoms with Crippen LogP contribution in [0.15, 0.2) is 21.5 Å². The number of nitrogens with zero attached hydrogens (tertiary/aromatic N) is 4. The highest BCUT2D eigenvalue weighted by Gasteiger charge is 2.19. The second-order valence-electron chi connectivity index (χ2n) is 3.32. The maximum atomic E-state index is 13.2. The molecule has 0 fully saturated rings. The van der Waals surface area contributed by atoms with E-state index in [4.69, 9.17) is 4.74 Å². The Hall–Kier alpha value is -1.35. The minimum Gasteiger partial charge on any atom is -0.462 e. The predicted molar refractivity (Wildman–Crippen MR) is 70.5 cm³/mol. The van der Waals surface area contributed by atoms with Crippen LogP contribution in [0.4, 0.5) is 4.39 Å². The number of rotatable bonds is 3. The Kier molecular flexibility index (Phi) is 4.25. The lowest BCUT2D eigenvalue weighted by atomic mass is 10.2. The van der Waals surface area contributed by atoms with Crippen LogP contribution in [-0.2, 0) is 4.74 Å². The molecular weight excluding hydrogens is 387 g/mol. The number of pyridine rings is 1. The predicted octanol–water partition coefficient (Wildman–Crippen LogP) is 2.50. The van der Waals surface area contributed by atoms with E-state index < -0.39 is 11.8 Å². The Labute approximate surface area is 124 Å². The summed E-state index contributed by atoms with van der Waals surface area (Å²) in [5, 5.41) is 7.99. The van der Waals surface area contributed by atoms with Gasteiger partial charge in [-0.05, 0) is 44.8 Å². The Morgan fingerprint density at radius 3 is 2.63 bits per heavy atom. The van der Waals surface area contributed by atoms with Crippen molar-refractivity contribution in [1.29, 1.82) is 0 Å². The SMILES string of the molecule is CCOC(=O)c1cc(F)cnc1-n1nc(Br)c(Br)n1. The van der Waals surface area contributed by atoms with Crippen LogP contribution in [0, 0.1) is 5.82 Å². The summed E-state index contributed by atoms with van der Waals surface area (Å²) < 4.78 is 18.9. The molecule has 2 heterocycles. The van der Waals surface area contributed by atoms with E-state index >= 15 is 0 Å². The minimum atomic E-state index is -0.686. The summed E-state index contributed by atoms with van der Waals surface area (Å²) in [6.45, 7) is 1.83. The van der Waals surface area contributed by atoms with Gasteiger partial charge in [-0.25, -0.2) is 14.2 Å². The first-order valence-corrected chi connectivity index (χ1v) is 6.73. The monoisotopic (exact) mass is 392 g/mol. The quantitative estimate of drug-likeness (QED) is 0.749. The third kappa shape index (κ3) is 2.98. The number of carbonyl (C=O) groups excluding carboxylic acids is 1. The number of carbonyl (C=O) groups is 1. The van der Waals surface area contributed by atoms with Gasteiger partial charge in [0.25, 0.3) is 0 Å². The number of hydrogen-bond acceptors (Lipinski definition) is 5. The largest absolute Gasteiger partial charge is 0.462 e. The molecule has 0 atom stereocenters. The van der Waals surface area contributed by atoms with Crippen molar-refractivity contribution in [3.63, 3.8) is 0 Å². The van der Waals surface area contributed by atoms with Crippen molar-refractivity contribution < 1.29 is 13.9 Å². The molecule has 0 saturated carbocycles. The van der Waals surface area contributed by atoms with Gasteiger partial charge in [0.05, 0.1) is 12.8 Å². The van der Waals surface area contributed by atoms with E-state index in [2.05, 4.69) is 47.0 Å². The fourth-order valence-corrected chi connectivity index (χ4v) is 1.78. The highest BCUT2D eigenvalue weighted by Crippen LogP contribution is 2.20. The van der Waals surface area contributed by atoms with E-state index in [1.807, 2.05) is 0 Å². The second kappa shape index (κ2) is 5.74. The standard InChI is InChI=1S/C10H7Br2FN4O2/c1-2-19-10(18)6-3-5(13)4-14-9(6)17-15-7(11)8(12)16-17/h3-4H,2H2,1H3. The third-order valence-corrected chi connectivity index (χ3v) is 3.65. The highest BCUT2D eigenvalue weighted by atomic mass is 79.9. The zero-order chi connectivity index (χ0) is 14.0. The molecule has 0 unspecified atom stereocenters. The van der Waals surface area contributed by atoms with Gasteiger partial charge < -0.3 is 4.74 Å². The second-order valence-corrected chi connectivity index (χ2v) is 4.82. The summed E-state index contributed by atoms with van der Waals surface area (Å²) in [7, 11) is 0. The molecular formula is C10H7Br2FN4O2. The summed E-state index contributed by atoms with van der Waals surface area (Å²) in [5.74, 6) is -1.24. The fraction of sp³-hybridized carbons (Fsp3) is 0.200. The summed E-state index contributed by atoms with van der Waals surface area (Å²) in [6, 6.07) is 1.03. The number of ether oxygens (including phenoxy) is 1. The average Bonchev–Trinajstić information content (AvgIpc) is 2.69. The van der Waals surface area contributed by atoms with E-state index in [1.165, 1.54) is 0 Å². The van der Waals surface area contributed by atoms with Crippen molar-refractivity contribution in [3.05, 3.63) is 32.9 Å². The van der Waals surface area contributed by atoms with E-state index in [0.717, 1.165) is 17.1 Å². The van der Waals surface area contributed by atoms with Crippen molar-refractivity contribution in [3.8, 4) is 5.82 Å². The van der Waals surface area contributed by atoms with Crippen LogP contribution in [0.5, 0.6) is 0 Å². The molecule has 2 aromatic rings. The molecule has 9 heteroatoms. The first-order valence-electron chi connectivity index (χ1n) is 5.14. The first-order chi connectivity index (χ1) is 9.02. The molecule has 0 aliphatic heterocycles. The molecule has 0 aliphatic carbocycles. The summed E-state index contributed by atoms with van der Waals surface area (Å²) >= 11 is 6.32. The van der Waals surface area contributed by atoms with Crippen LogP contribution in [-0.4, -0.2) is 32.6 Å². The van der Waals surface area contributed by atoms with Crippen LogP contribution in [0.25, 0.3) is 5.82 Å². The van der Waals surface area contributed by atoms with Gasteiger partial charge in [-0.3, -0.25) is 0 Å². The van der Waals surface area contributed by atoms with Crippen LogP contribution in [0.1, 0.15) is 17.3 Å². The van der Waals surface area contributed by atoms with Crippen molar-refractivity contribution >= 4 is 37.8 Å². The van der Waals surface area contributed by atoms with Crippen molar-refractivity contribution in [2.24, 2.45) is 0 Å². The lowest BCUT2D eigenvalue weighted by Crippen LogP contribution is -2.13. The van der Waals surface area contributed by atoms with Gasteiger partial charge in [0.15, 0.2) is 15.0 Å². The Morgan fingerprint density at radius 1 is 1.42 bits per heavy atom. The average molecular weight is 394 g/mol. The lowest BCUT2D eigenvalue weighted by Gasteiger charge is -2.06. The van der Waals surface area contributed by atoms with E-state index in [0.29, 0.717) is 9.21 Å². The lowest BCUT2D eigenvalue weighted by molar-refractivity contribution is 0.0525. The Morgan fingerprint density at radius 2 is 2.05 bits per heavy atom. The van der Waals surface area contributed by atoms with Crippen LogP contribution in [0.3, 0.4) is 0 Å². The van der Waals surface area contributed by atoms with Gasteiger partial charge >= 0.3 is 5.97 Å². The molecule has 0 radical (unpaired) electrons. The van der Waals surface area contributed by atoms with Gasteiger partial charge in [0.1, 0.15) is 11.4 Å². The van der Waals surface area contributed by atoms with Gasteiger partial charge in [-0.1, -0.05) is 0 Å². The molecule has 0 aliphatic rings. The molecule has 2 aromatic heterocycles. The Bertz CT molecular complexity index is 612. The van der Waals surface area contributed by atoms with Crippen molar-refractivity contribution in [1.82, 2.24) is 20.0 Å². The summed E-state index contributed by atoms with van der Waals surface area (Å²) in [4.78, 5) is 16.7. The molecule has 100 valence electrons. The molecule has 2 rings (SSSR count). The molecule has 0 saturated heterocycles. The van der Waals surface area contributed by atoms with Gasteiger partial charge in [-0.15, -0.1) is 15.0 Å². The van der Waals surface area contributed by atoms with Crippen LogP contribution >= 0.6 is 31.9 Å². The third-order valence-electron chi connectivity index (χ3n) is 2.05. The highest BCUT2D eigenvalue weighted by molar-refractivity contribution is 9.13. The summed E-state index contributed by atoms with van der Waals surface area (Å²) in [5.41, 5.74) is -0.0446. The maximum Gasteiger partial charge on any atom is 0.342 e. The normalized spacial score (nSPS) is 10.5. The Balaban J connectivity index is 2.53.